The van der Waals surface area contributed by atoms with Gasteiger partial charge >= 0.3 is 12.3 Å². The lowest BCUT2D eigenvalue weighted by Gasteiger charge is -2.12. The summed E-state index contributed by atoms with van der Waals surface area (Å²) < 4.78 is 44.8. The number of esters is 1. The average Bonchev–Trinajstić information content (AvgIpc) is 2.52. The van der Waals surface area contributed by atoms with E-state index < -0.39 is 18.1 Å². The predicted octanol–water partition coefficient (Wildman–Crippen LogP) is 4.32. The minimum absolute atomic E-state index is 0.0443. The first-order valence-corrected chi connectivity index (χ1v) is 6.98. The molecular formula is C14H9Cl2F3N2O3. The number of nitrogen functional groups attached to an aromatic ring is 1. The fraction of sp³-hybridized carbons (Fsp3) is 0.143. The van der Waals surface area contributed by atoms with Crippen LogP contribution in [0.3, 0.4) is 0 Å². The van der Waals surface area contributed by atoms with E-state index in [1.165, 1.54) is 12.1 Å². The van der Waals surface area contributed by atoms with Gasteiger partial charge in [0, 0.05) is 5.56 Å². The molecule has 0 fully saturated rings. The molecule has 0 aliphatic carbocycles. The third-order valence-electron chi connectivity index (χ3n) is 2.85. The molecule has 5 nitrogen and oxygen atoms in total. The van der Waals surface area contributed by atoms with Gasteiger partial charge in [-0.15, -0.1) is 13.2 Å². The van der Waals surface area contributed by atoms with Crippen molar-refractivity contribution in [3.8, 4) is 17.0 Å². The van der Waals surface area contributed by atoms with Crippen molar-refractivity contribution in [2.24, 2.45) is 0 Å². The number of carbonyl (C=O) groups is 1. The Morgan fingerprint density at radius 1 is 1.17 bits per heavy atom. The monoisotopic (exact) mass is 380 g/mol. The number of methoxy groups -OCH3 is 1. The fourth-order valence-electron chi connectivity index (χ4n) is 1.80. The van der Waals surface area contributed by atoms with Gasteiger partial charge in [0.1, 0.15) is 5.75 Å². The summed E-state index contributed by atoms with van der Waals surface area (Å²) in [5.74, 6) is -1.25. The van der Waals surface area contributed by atoms with E-state index in [1.54, 1.807) is 0 Å². The Bertz CT molecular complexity index is 780. The van der Waals surface area contributed by atoms with Crippen LogP contribution >= 0.6 is 23.2 Å². The molecule has 2 aromatic rings. The second-order valence-corrected chi connectivity index (χ2v) is 5.17. The molecular weight excluding hydrogens is 372 g/mol. The van der Waals surface area contributed by atoms with Crippen LogP contribution in [0.2, 0.25) is 10.0 Å². The average molecular weight is 381 g/mol. The molecule has 2 N–H and O–H groups in total. The Hall–Kier alpha value is -2.19. The van der Waals surface area contributed by atoms with Crippen molar-refractivity contribution in [1.29, 1.82) is 0 Å². The quantitative estimate of drug-likeness (QED) is 0.802. The number of hydrogen-bond acceptors (Lipinski definition) is 5. The van der Waals surface area contributed by atoms with Gasteiger partial charge in [0.15, 0.2) is 5.69 Å². The normalized spacial score (nSPS) is 11.2. The number of benzene rings is 1. The zero-order valence-corrected chi connectivity index (χ0v) is 13.5. The smallest absolute Gasteiger partial charge is 0.464 e. The van der Waals surface area contributed by atoms with Crippen LogP contribution in [0.1, 0.15) is 10.5 Å². The molecule has 0 saturated carbocycles. The van der Waals surface area contributed by atoms with Crippen LogP contribution in [0.5, 0.6) is 5.75 Å². The van der Waals surface area contributed by atoms with E-state index in [0.29, 0.717) is 5.56 Å². The Balaban J connectivity index is 2.48. The third kappa shape index (κ3) is 3.82. The standard InChI is InChI=1S/C14H9Cl2F3N2O3/c1-23-13(22)12-9(16)10(20)8(15)11(21-12)6-2-4-7(5-3-6)24-14(17,18)19/h2-5H,1H3,(H2,20,21). The molecule has 0 amide bonds. The van der Waals surface area contributed by atoms with E-state index in [-0.39, 0.29) is 27.1 Å². The molecule has 0 atom stereocenters. The number of nitrogens with two attached hydrogens (primary N) is 1. The predicted molar refractivity (Wildman–Crippen MR) is 82.1 cm³/mol. The van der Waals surface area contributed by atoms with Crippen LogP contribution in [0.25, 0.3) is 11.3 Å². The summed E-state index contributed by atoms with van der Waals surface area (Å²) in [6, 6.07) is 4.71. The summed E-state index contributed by atoms with van der Waals surface area (Å²) in [4.78, 5) is 15.7. The van der Waals surface area contributed by atoms with Gasteiger partial charge in [-0.3, -0.25) is 0 Å². The molecule has 0 unspecified atom stereocenters. The van der Waals surface area contributed by atoms with Gasteiger partial charge < -0.3 is 15.2 Å². The van der Waals surface area contributed by atoms with Crippen LogP contribution in [0, 0.1) is 0 Å². The number of carbonyl (C=O) groups excluding carboxylic acids is 1. The molecule has 0 spiro atoms. The Kier molecular flexibility index (Phi) is 5.10. The number of nitrogens with zero attached hydrogens (tertiary/aromatic N) is 1. The molecule has 0 radical (unpaired) electrons. The molecule has 0 saturated heterocycles. The number of ether oxygens (including phenoxy) is 2. The molecule has 24 heavy (non-hydrogen) atoms. The lowest BCUT2D eigenvalue weighted by Crippen LogP contribution is -2.17. The molecule has 128 valence electrons. The van der Waals surface area contributed by atoms with Gasteiger partial charge in [-0.1, -0.05) is 23.2 Å². The van der Waals surface area contributed by atoms with Crippen molar-refractivity contribution in [1.82, 2.24) is 4.98 Å². The zero-order chi connectivity index (χ0) is 18.1. The molecule has 0 aliphatic rings. The summed E-state index contributed by atoms with van der Waals surface area (Å²) in [5, 5.41) is -0.218. The van der Waals surface area contributed by atoms with Crippen LogP contribution in [0.15, 0.2) is 24.3 Å². The molecule has 1 heterocycles. The van der Waals surface area contributed by atoms with Crippen molar-refractivity contribution in [2.45, 2.75) is 6.36 Å². The Labute approximate surface area is 144 Å². The number of alkyl halides is 3. The molecule has 1 aromatic heterocycles. The van der Waals surface area contributed by atoms with Gasteiger partial charge in [0.2, 0.25) is 0 Å². The highest BCUT2D eigenvalue weighted by molar-refractivity contribution is 6.41. The van der Waals surface area contributed by atoms with Crippen molar-refractivity contribution in [3.63, 3.8) is 0 Å². The fourth-order valence-corrected chi connectivity index (χ4v) is 2.31. The van der Waals surface area contributed by atoms with Gasteiger partial charge in [0.25, 0.3) is 0 Å². The number of rotatable bonds is 3. The van der Waals surface area contributed by atoms with Crippen molar-refractivity contribution in [3.05, 3.63) is 40.0 Å². The second-order valence-electron chi connectivity index (χ2n) is 4.41. The highest BCUT2D eigenvalue weighted by Gasteiger charge is 2.31. The van der Waals surface area contributed by atoms with Gasteiger partial charge in [-0.05, 0) is 24.3 Å². The maximum absolute atomic E-state index is 12.2. The number of halogens is 5. The molecule has 1 aromatic carbocycles. The lowest BCUT2D eigenvalue weighted by atomic mass is 10.1. The van der Waals surface area contributed by atoms with E-state index in [2.05, 4.69) is 14.5 Å². The van der Waals surface area contributed by atoms with Crippen molar-refractivity contribution in [2.75, 3.05) is 12.8 Å². The van der Waals surface area contributed by atoms with Crippen molar-refractivity contribution < 1.29 is 27.4 Å². The molecule has 0 bridgehead atoms. The molecule has 2 rings (SSSR count). The Morgan fingerprint density at radius 2 is 1.75 bits per heavy atom. The van der Waals surface area contributed by atoms with E-state index in [4.69, 9.17) is 28.9 Å². The lowest BCUT2D eigenvalue weighted by molar-refractivity contribution is -0.274. The Morgan fingerprint density at radius 3 is 2.25 bits per heavy atom. The highest BCUT2D eigenvalue weighted by Crippen LogP contribution is 2.37. The number of pyridine rings is 1. The highest BCUT2D eigenvalue weighted by atomic mass is 35.5. The van der Waals surface area contributed by atoms with E-state index in [0.717, 1.165) is 19.2 Å². The maximum atomic E-state index is 12.2. The topological polar surface area (TPSA) is 74.4 Å². The molecule has 10 heteroatoms. The van der Waals surface area contributed by atoms with E-state index in [9.17, 15) is 18.0 Å². The van der Waals surface area contributed by atoms with Crippen LogP contribution in [0.4, 0.5) is 18.9 Å². The van der Waals surface area contributed by atoms with Gasteiger partial charge in [0.05, 0.1) is 28.5 Å². The van der Waals surface area contributed by atoms with Crippen LogP contribution < -0.4 is 10.5 Å². The van der Waals surface area contributed by atoms with E-state index in [1.807, 2.05) is 0 Å². The maximum Gasteiger partial charge on any atom is 0.573 e. The van der Waals surface area contributed by atoms with Gasteiger partial charge in [-0.2, -0.15) is 0 Å². The summed E-state index contributed by atoms with van der Waals surface area (Å²) in [6.07, 6.45) is -4.81. The summed E-state index contributed by atoms with van der Waals surface area (Å²) in [5.41, 5.74) is 5.76. The largest absolute Gasteiger partial charge is 0.573 e. The summed E-state index contributed by atoms with van der Waals surface area (Å²) in [6.45, 7) is 0. The number of anilines is 1. The summed E-state index contributed by atoms with van der Waals surface area (Å²) in [7, 11) is 1.13. The number of aromatic nitrogens is 1. The molecule has 0 aliphatic heterocycles. The minimum atomic E-state index is -4.81. The third-order valence-corrected chi connectivity index (χ3v) is 3.62. The minimum Gasteiger partial charge on any atom is -0.464 e. The summed E-state index contributed by atoms with van der Waals surface area (Å²) >= 11 is 12.0. The first-order valence-electron chi connectivity index (χ1n) is 6.23. The SMILES string of the molecule is COC(=O)c1nc(-c2ccc(OC(F)(F)F)cc2)c(Cl)c(N)c1Cl. The first kappa shape index (κ1) is 18.2. The van der Waals surface area contributed by atoms with E-state index >= 15 is 0 Å². The second kappa shape index (κ2) is 6.74. The first-order chi connectivity index (χ1) is 11.1. The van der Waals surface area contributed by atoms with Crippen LogP contribution in [-0.4, -0.2) is 24.4 Å². The number of hydrogen-bond donors (Lipinski definition) is 1. The van der Waals surface area contributed by atoms with Crippen LogP contribution in [-0.2, 0) is 4.74 Å². The zero-order valence-electron chi connectivity index (χ0n) is 11.9. The van der Waals surface area contributed by atoms with Gasteiger partial charge in [-0.25, -0.2) is 9.78 Å². The van der Waals surface area contributed by atoms with Crippen molar-refractivity contribution >= 4 is 34.9 Å².